The number of nitrogens with zero attached hydrogens (tertiary/aromatic N) is 2. The number of anilines is 1. The molecule has 1 amide bonds. The first-order chi connectivity index (χ1) is 13.2. The van der Waals surface area contributed by atoms with Gasteiger partial charge in [0.15, 0.2) is 16.3 Å². The van der Waals surface area contributed by atoms with E-state index in [0.717, 1.165) is 57.7 Å². The molecule has 1 saturated heterocycles. The topological polar surface area (TPSA) is 89.1 Å². The van der Waals surface area contributed by atoms with E-state index in [1.54, 1.807) is 29.2 Å². The van der Waals surface area contributed by atoms with Crippen LogP contribution < -0.4 is 5.32 Å². The Hall–Kier alpha value is -1.94. The van der Waals surface area contributed by atoms with Gasteiger partial charge < -0.3 is 14.8 Å². The average molecular weight is 405 g/mol. The maximum Gasteiger partial charge on any atom is 0.276 e. The van der Waals surface area contributed by atoms with E-state index in [9.17, 15) is 4.79 Å². The Morgan fingerprint density at radius 1 is 1.37 bits per heavy atom. The van der Waals surface area contributed by atoms with Crippen LogP contribution in [-0.2, 0) is 9.47 Å². The number of aromatic nitrogens is 3. The number of fused-ring (bicyclic) bond motifs is 1. The third-order valence-corrected chi connectivity index (χ3v) is 6.23. The highest BCUT2D eigenvalue weighted by atomic mass is 32.2. The van der Waals surface area contributed by atoms with Crippen LogP contribution in [0, 0.1) is 6.92 Å². The van der Waals surface area contributed by atoms with Crippen LogP contribution in [0.15, 0.2) is 28.6 Å². The molecule has 2 N–H and O–H groups in total. The summed E-state index contributed by atoms with van der Waals surface area (Å²) in [5.41, 5.74) is 2.89. The van der Waals surface area contributed by atoms with Crippen LogP contribution in [0.25, 0.3) is 10.2 Å². The molecule has 0 atom stereocenters. The minimum atomic E-state index is -0.231. The van der Waals surface area contributed by atoms with Crippen molar-refractivity contribution >= 4 is 44.9 Å². The molecule has 0 aliphatic carbocycles. The molecule has 2 aromatic heterocycles. The SMILES string of the molecule is Cc1cc(C(=O)Nc2ccc3nc(SCCC4OCCCO4)sc3c2)n[nH]1. The molecule has 0 bridgehead atoms. The number of hydrogen-bond donors (Lipinski definition) is 2. The molecule has 3 heterocycles. The quantitative estimate of drug-likeness (QED) is 0.607. The first-order valence-electron chi connectivity index (χ1n) is 8.77. The number of nitrogens with one attached hydrogen (secondary N) is 2. The molecule has 0 saturated carbocycles. The van der Waals surface area contributed by atoms with Crippen LogP contribution in [0.5, 0.6) is 0 Å². The molecule has 0 unspecified atom stereocenters. The lowest BCUT2D eigenvalue weighted by Gasteiger charge is -2.22. The summed E-state index contributed by atoms with van der Waals surface area (Å²) >= 11 is 3.33. The van der Waals surface area contributed by atoms with Gasteiger partial charge in [-0.2, -0.15) is 5.10 Å². The van der Waals surface area contributed by atoms with Gasteiger partial charge in [0.2, 0.25) is 0 Å². The van der Waals surface area contributed by atoms with Crippen LogP contribution in [-0.4, -0.2) is 46.3 Å². The van der Waals surface area contributed by atoms with Crippen molar-refractivity contribution in [1.82, 2.24) is 15.2 Å². The van der Waals surface area contributed by atoms with Crippen LogP contribution >= 0.6 is 23.1 Å². The number of thiazole rings is 1. The number of carbonyl (C=O) groups is 1. The third-order valence-electron chi connectivity index (χ3n) is 4.04. The second-order valence-electron chi connectivity index (χ2n) is 6.21. The minimum Gasteiger partial charge on any atom is -0.353 e. The van der Waals surface area contributed by atoms with Crippen molar-refractivity contribution in [3.05, 3.63) is 35.7 Å². The average Bonchev–Trinajstić information content (AvgIpc) is 3.28. The predicted octanol–water partition coefficient (Wildman–Crippen LogP) is 3.83. The summed E-state index contributed by atoms with van der Waals surface area (Å²) in [6.45, 7) is 3.42. The van der Waals surface area contributed by atoms with Crippen LogP contribution in [0.3, 0.4) is 0 Å². The number of aryl methyl sites for hydroxylation is 1. The van der Waals surface area contributed by atoms with Crippen molar-refractivity contribution < 1.29 is 14.3 Å². The fourth-order valence-corrected chi connectivity index (χ4v) is 4.86. The van der Waals surface area contributed by atoms with Crippen molar-refractivity contribution in [1.29, 1.82) is 0 Å². The summed E-state index contributed by atoms with van der Waals surface area (Å²) in [5.74, 6) is 0.664. The second-order valence-corrected chi connectivity index (χ2v) is 8.59. The molecule has 27 heavy (non-hydrogen) atoms. The van der Waals surface area contributed by atoms with E-state index in [0.29, 0.717) is 5.69 Å². The van der Waals surface area contributed by atoms with Gasteiger partial charge in [0.1, 0.15) is 0 Å². The minimum absolute atomic E-state index is 0.0897. The van der Waals surface area contributed by atoms with Crippen molar-refractivity contribution in [3.63, 3.8) is 0 Å². The second kappa shape index (κ2) is 8.39. The van der Waals surface area contributed by atoms with Crippen LogP contribution in [0.4, 0.5) is 5.69 Å². The molecular weight excluding hydrogens is 384 g/mol. The zero-order valence-electron chi connectivity index (χ0n) is 14.9. The smallest absolute Gasteiger partial charge is 0.276 e. The van der Waals surface area contributed by atoms with E-state index in [2.05, 4.69) is 20.5 Å². The monoisotopic (exact) mass is 404 g/mol. The number of H-pyrrole nitrogens is 1. The number of rotatable bonds is 6. The summed E-state index contributed by atoms with van der Waals surface area (Å²) in [7, 11) is 0. The first kappa shape index (κ1) is 18.4. The highest BCUT2D eigenvalue weighted by Crippen LogP contribution is 2.32. The summed E-state index contributed by atoms with van der Waals surface area (Å²) < 4.78 is 13.2. The Morgan fingerprint density at radius 3 is 3.00 bits per heavy atom. The van der Waals surface area contributed by atoms with Crippen LogP contribution in [0.1, 0.15) is 29.0 Å². The third kappa shape index (κ3) is 4.67. The van der Waals surface area contributed by atoms with E-state index in [1.807, 2.05) is 25.1 Å². The van der Waals surface area contributed by atoms with Crippen LogP contribution in [0.2, 0.25) is 0 Å². The first-order valence-corrected chi connectivity index (χ1v) is 10.6. The van der Waals surface area contributed by atoms with Crippen molar-refractivity contribution in [3.8, 4) is 0 Å². The lowest BCUT2D eigenvalue weighted by molar-refractivity contribution is -0.178. The van der Waals surface area contributed by atoms with Crippen molar-refractivity contribution in [2.24, 2.45) is 0 Å². The maximum absolute atomic E-state index is 12.2. The molecule has 3 aromatic rings. The van der Waals surface area contributed by atoms with Gasteiger partial charge in [-0.15, -0.1) is 11.3 Å². The van der Waals surface area contributed by atoms with E-state index in [4.69, 9.17) is 9.47 Å². The Bertz CT molecular complexity index is 934. The lowest BCUT2D eigenvalue weighted by Crippen LogP contribution is -2.25. The van der Waals surface area contributed by atoms with E-state index in [-0.39, 0.29) is 12.2 Å². The molecule has 1 aliphatic heterocycles. The number of thioether (sulfide) groups is 1. The zero-order valence-corrected chi connectivity index (χ0v) is 16.5. The van der Waals surface area contributed by atoms with E-state index < -0.39 is 0 Å². The largest absolute Gasteiger partial charge is 0.353 e. The Morgan fingerprint density at radius 2 is 2.22 bits per heavy atom. The van der Waals surface area contributed by atoms with Gasteiger partial charge >= 0.3 is 0 Å². The summed E-state index contributed by atoms with van der Waals surface area (Å²) in [5, 5.41) is 9.63. The van der Waals surface area contributed by atoms with Gasteiger partial charge in [0.05, 0.1) is 23.4 Å². The number of carbonyl (C=O) groups excluding carboxylic acids is 1. The number of ether oxygens (including phenoxy) is 2. The maximum atomic E-state index is 12.2. The Balaban J connectivity index is 1.37. The molecule has 0 spiro atoms. The fourth-order valence-electron chi connectivity index (χ4n) is 2.72. The van der Waals surface area contributed by atoms with Gasteiger partial charge in [0, 0.05) is 23.6 Å². The number of aromatic amines is 1. The summed E-state index contributed by atoms with van der Waals surface area (Å²) in [6, 6.07) is 7.45. The number of amides is 1. The Labute approximate surface area is 164 Å². The lowest BCUT2D eigenvalue weighted by atomic mass is 10.3. The number of benzene rings is 1. The summed E-state index contributed by atoms with van der Waals surface area (Å²) in [6.07, 6.45) is 1.73. The molecule has 4 rings (SSSR count). The van der Waals surface area contributed by atoms with Gasteiger partial charge in [-0.3, -0.25) is 9.89 Å². The molecular formula is C18H20N4O3S2. The standard InChI is InChI=1S/C18H20N4O3S2/c1-11-9-14(22-21-11)17(23)19-12-3-4-13-15(10-12)27-18(20-13)26-8-5-16-24-6-2-7-25-16/h3-4,9-10,16H,2,5-8H2,1H3,(H,19,23)(H,21,22). The van der Waals surface area contributed by atoms with Crippen molar-refractivity contribution in [2.75, 3.05) is 24.3 Å². The van der Waals surface area contributed by atoms with Gasteiger partial charge in [-0.1, -0.05) is 11.8 Å². The Kier molecular flexibility index (Phi) is 5.72. The molecule has 7 nitrogen and oxygen atoms in total. The van der Waals surface area contributed by atoms with E-state index in [1.165, 1.54) is 0 Å². The normalized spacial score (nSPS) is 15.3. The predicted molar refractivity (Wildman–Crippen MR) is 107 cm³/mol. The molecule has 0 radical (unpaired) electrons. The summed E-state index contributed by atoms with van der Waals surface area (Å²) in [4.78, 5) is 16.9. The van der Waals surface area contributed by atoms with Gasteiger partial charge in [0.25, 0.3) is 5.91 Å². The highest BCUT2D eigenvalue weighted by molar-refractivity contribution is 8.01. The van der Waals surface area contributed by atoms with Gasteiger partial charge in [-0.25, -0.2) is 4.98 Å². The highest BCUT2D eigenvalue weighted by Gasteiger charge is 2.15. The fraction of sp³-hybridized carbons (Fsp3) is 0.389. The van der Waals surface area contributed by atoms with Crippen molar-refractivity contribution in [2.45, 2.75) is 30.4 Å². The molecule has 1 aromatic carbocycles. The molecule has 1 fully saturated rings. The van der Waals surface area contributed by atoms with Gasteiger partial charge in [-0.05, 0) is 37.6 Å². The molecule has 142 valence electrons. The zero-order chi connectivity index (χ0) is 18.6. The van der Waals surface area contributed by atoms with E-state index >= 15 is 0 Å². The molecule has 9 heteroatoms. The molecule has 1 aliphatic rings. The number of hydrogen-bond acceptors (Lipinski definition) is 7.